The first-order chi connectivity index (χ1) is 55.8. The van der Waals surface area contributed by atoms with Crippen molar-refractivity contribution in [3.05, 3.63) is 54.1 Å². The number of amides is 1. The molecule has 2 rings (SSSR count). The zero-order valence-corrected chi connectivity index (χ0v) is 124. The van der Waals surface area contributed by atoms with Gasteiger partial charge in [0.05, 0.1) is 5.69 Å². The number of para-hydroxylation sites is 1. The molecule has 0 unspecified atom stereocenters. The monoisotopic (exact) mass is 3210 g/mol. The molecule has 1 amide bonds. The van der Waals surface area contributed by atoms with Crippen LogP contribution in [0.5, 0.6) is 11.5 Å². The van der Waals surface area contributed by atoms with Gasteiger partial charge in [-0.3, -0.25) is 9.59 Å². The van der Waals surface area contributed by atoms with E-state index >= 15 is 0 Å². The van der Waals surface area contributed by atoms with Gasteiger partial charge in [0.1, 0.15) is 11.5 Å². The third kappa shape index (κ3) is 104. The molecule has 1 N–H and O–H groups in total. The van der Waals surface area contributed by atoms with E-state index in [1.807, 2.05) is 717 Å². The number of ether oxygens (including phenoxy) is 1. The third-order valence-corrected chi connectivity index (χ3v) is 201. The van der Waals surface area contributed by atoms with Crippen molar-refractivity contribution in [2.75, 3.05) is 5.32 Å². The molecule has 0 fully saturated rings. The number of rotatable bonds is 4. The van der Waals surface area contributed by atoms with E-state index in [9.17, 15) is 9.59 Å². The summed E-state index contributed by atoms with van der Waals surface area (Å²) in [5.74, 6) is 1.09. The Balaban J connectivity index is 0.00000245. The number of aldehydes is 1. The second-order valence-electron chi connectivity index (χ2n) is 12.0. The molecular formula is C18H19NO3S91. The van der Waals surface area contributed by atoms with Crippen LogP contribution < -0.4 is 10.1 Å². The van der Waals surface area contributed by atoms with E-state index in [1.54, 1.807) is 125 Å². The normalized spacial score (nSPS) is 8.45. The zero-order valence-electron chi connectivity index (χ0n) is 50.1. The van der Waals surface area contributed by atoms with E-state index in [-0.39, 0.29) is 5.91 Å². The number of carbonyl (C=O) groups is 2. The quantitative estimate of drug-likeness (QED) is 0.469. The Morgan fingerprint density at radius 2 is 0.407 bits per heavy atom. The average molecular weight is 3220 g/mol. The van der Waals surface area contributed by atoms with Gasteiger partial charge in [-0.2, -0.15) is 0 Å². The lowest BCUT2D eigenvalue weighted by Gasteiger charge is -2.19. The van der Waals surface area contributed by atoms with Crippen LogP contribution in [0.25, 0.3) is 0 Å². The topological polar surface area (TPSA) is 55.4 Å². The van der Waals surface area contributed by atoms with E-state index in [1.165, 1.54) is 17.8 Å². The molecule has 0 saturated carbocycles. The summed E-state index contributed by atoms with van der Waals surface area (Å²) in [5.41, 5.74) is 0.317. The summed E-state index contributed by atoms with van der Waals surface area (Å²) in [5, 5.41) is 2.78. The van der Waals surface area contributed by atoms with Crippen molar-refractivity contribution in [1.29, 1.82) is 0 Å². The number of hydrogen-bond donors (Lipinski definition) is 1. The molecule has 0 spiro atoms. The van der Waals surface area contributed by atoms with Crippen LogP contribution in [0.15, 0.2) is 48.5 Å². The number of hydrogen-bond acceptors (Lipinski definition) is 5. The van der Waals surface area contributed by atoms with Gasteiger partial charge in [-0.05, 0) is 24.3 Å². The van der Waals surface area contributed by atoms with Crippen molar-refractivity contribution in [2.24, 2.45) is 5.41 Å². The van der Waals surface area contributed by atoms with Gasteiger partial charge in [-0.15, -0.1) is 0 Å². The lowest BCUT2D eigenvalue weighted by Crippen LogP contribution is -2.28. The van der Waals surface area contributed by atoms with E-state index in [0.29, 0.717) is 29.0 Å². The van der Waals surface area contributed by atoms with Crippen molar-refractivity contribution < 1.29 is 14.3 Å². The molecular weight excluding hydrogens is 3200 g/mol. The SMILES string of the molecule is CC(C)(C)C(=O)Nc1cc(Oc2ccccc2)ccc1C=O.S=S=S=S=S=S=S=S=S=S=S=S=S=S=S=S=S=S=S=S=S=S=S=S=S=S=S=S=S=S=S=S=S=S=S=S=S=S=S=S=S=S=S=S=S=S=S=S=S=S=S=S=S=S=S=S=S=S=S=S=S=S=S=S=S=S=S=S=S=S=S=S=S=S=S=S=S=S=S=S=S=S=S=S=S=S=S=S=S=S=S. The summed E-state index contributed by atoms with van der Waals surface area (Å²) in [6, 6.07) is 14.3. The lowest BCUT2D eigenvalue weighted by molar-refractivity contribution is -0.123. The summed E-state index contributed by atoms with van der Waals surface area (Å²) in [6.45, 7) is 5.44. The zero-order chi connectivity index (χ0) is 81.1. The highest BCUT2D eigenvalue weighted by Crippen LogP contribution is 2.27. The summed E-state index contributed by atoms with van der Waals surface area (Å²) in [7, 11) is 161. The maximum atomic E-state index is 12.1. The van der Waals surface area contributed by atoms with Gasteiger partial charge in [-0.1, -0.05) is 39.0 Å². The van der Waals surface area contributed by atoms with Gasteiger partial charge in [0, 0.05) is 830 Å². The molecule has 2 aromatic carbocycles. The number of anilines is 1. The Morgan fingerprint density at radius 3 is 0.549 bits per heavy atom. The molecule has 0 radical (unpaired) electrons. The van der Waals surface area contributed by atoms with E-state index in [4.69, 9.17) is 27.1 Å². The molecule has 660 valence electrons. The van der Waals surface area contributed by atoms with Gasteiger partial charge in [0.2, 0.25) is 5.91 Å². The summed E-state index contributed by atoms with van der Waals surface area (Å²) < 4.78 is 5.72. The molecule has 2 aromatic rings. The minimum absolute atomic E-state index is 0.160. The molecule has 113 heavy (non-hydrogen) atoms. The van der Waals surface area contributed by atoms with Crippen molar-refractivity contribution >= 4 is 831 Å². The van der Waals surface area contributed by atoms with Gasteiger partial charge >= 0.3 is 0 Å². The molecule has 0 aliphatic carbocycles. The highest BCUT2D eigenvalue weighted by molar-refractivity contribution is 8.86. The van der Waals surface area contributed by atoms with Crippen LogP contribution in [0.1, 0.15) is 31.1 Å². The van der Waals surface area contributed by atoms with Crippen molar-refractivity contribution in [2.45, 2.75) is 20.8 Å². The van der Waals surface area contributed by atoms with Crippen molar-refractivity contribution in [3.63, 3.8) is 0 Å². The fourth-order valence-electron chi connectivity index (χ4n) is 2.73. The fourth-order valence-corrected chi connectivity index (χ4v) is 241. The van der Waals surface area contributed by atoms with Crippen molar-refractivity contribution in [3.8, 4) is 11.5 Å². The van der Waals surface area contributed by atoms with Crippen LogP contribution in [-0.4, -0.2) is 12.2 Å². The second kappa shape index (κ2) is 111. The highest BCUT2D eigenvalue weighted by Gasteiger charge is 2.22. The summed E-state index contributed by atoms with van der Waals surface area (Å²) in [4.78, 5) is 23.2. The summed E-state index contributed by atoms with van der Waals surface area (Å²) in [6.07, 6.45) is 0.713. The van der Waals surface area contributed by atoms with Crippen LogP contribution in [0, 0.1) is 5.41 Å². The molecule has 0 atom stereocenters. The van der Waals surface area contributed by atoms with E-state index in [0.717, 1.165) is 0 Å². The van der Waals surface area contributed by atoms with Gasteiger partial charge in [0.25, 0.3) is 0 Å². The first-order valence-corrected chi connectivity index (χ1v) is 142. The van der Waals surface area contributed by atoms with Crippen LogP contribution in [-0.2, 0) is 818 Å². The van der Waals surface area contributed by atoms with Gasteiger partial charge < -0.3 is 10.1 Å². The molecule has 0 heterocycles. The maximum Gasteiger partial charge on any atom is 0.229 e. The molecule has 0 aromatic heterocycles. The van der Waals surface area contributed by atoms with Crippen LogP contribution in [0.4, 0.5) is 5.69 Å². The minimum Gasteiger partial charge on any atom is -0.457 e. The molecule has 0 aliphatic heterocycles. The van der Waals surface area contributed by atoms with Crippen molar-refractivity contribution in [1.82, 2.24) is 0 Å². The first-order valence-electron chi connectivity index (χ1n) is 22.0. The molecule has 95 heteroatoms. The van der Waals surface area contributed by atoms with E-state index < -0.39 is 5.41 Å². The Kier molecular flexibility index (Phi) is 127. The Hall–Kier alpha value is 17.4. The van der Waals surface area contributed by atoms with Gasteiger partial charge in [0.15, 0.2) is 6.29 Å². The smallest absolute Gasteiger partial charge is 0.229 e. The standard InChI is InChI=1S/C18H19NO3.S91/c1-18(2,3)17(21)19-16-11-15(10-9-13(16)12-20)22-14-7-5-4-6-8-14;1-3-5-7-9-11-13-15-17-19-21-23-25-27-29-31-33-35-37-39-41-43-45-47-49-51-53-55-57-59-61-63-65-67-69-71-73-75-77-79-81-83-85-87-89-91-90-88-86-84-82-80-78-76-74-72-70-68-66-64-62-60-58-56-54-52-50-48-46-44-42-40-38-36-34-32-30-28-26-24-22-20-18-16-14-12-10-8-6-4-2/h4-12H,1-3H3,(H,19,21);. The predicted octanol–water partition coefficient (Wildman–Crippen LogP) is 4.06. The van der Waals surface area contributed by atoms with Gasteiger partial charge in [-0.25, -0.2) is 0 Å². The van der Waals surface area contributed by atoms with E-state index in [2.05, 4.69) is 5.32 Å². The average Bonchev–Trinajstić information content (AvgIpc) is 0.838. The van der Waals surface area contributed by atoms with Crippen LogP contribution in [0.2, 0.25) is 0 Å². The maximum absolute atomic E-state index is 12.1. The predicted molar refractivity (Wildman–Crippen MR) is 757 cm³/mol. The largest absolute Gasteiger partial charge is 0.457 e. The Bertz CT molecular complexity index is 7980. The number of nitrogens with one attached hydrogen (secondary N) is 1. The first kappa shape index (κ1) is 128. The molecule has 0 aliphatic rings. The fraction of sp³-hybridized carbons (Fsp3) is 0.222. The molecule has 4 nitrogen and oxygen atoms in total. The number of benzene rings is 2. The second-order valence-corrected chi connectivity index (χ2v) is 169. The highest BCUT2D eigenvalue weighted by atomic mass is 33.6. The van der Waals surface area contributed by atoms with Crippen LogP contribution in [0.3, 0.4) is 0 Å². The molecule has 0 saturated heterocycles. The Morgan fingerprint density at radius 1 is 0.248 bits per heavy atom. The summed E-state index contributed by atoms with van der Waals surface area (Å²) >= 11 is 9.66. The van der Waals surface area contributed by atoms with Crippen LogP contribution >= 0.6 is 0 Å². The molecule has 0 bridgehead atoms. The third-order valence-electron chi connectivity index (χ3n) is 5.50. The lowest BCUT2D eigenvalue weighted by atomic mass is 9.95. The minimum atomic E-state index is -0.545. The Labute approximate surface area is 915 Å². The number of carbonyl (C=O) groups excluding carboxylic acids is 2.